The molecule has 0 heterocycles. The molecule has 0 saturated carbocycles. The predicted molar refractivity (Wildman–Crippen MR) is 98.6 cm³/mol. The van der Waals surface area contributed by atoms with Gasteiger partial charge in [0.25, 0.3) is 5.91 Å². The zero-order chi connectivity index (χ0) is 20.4. The van der Waals surface area contributed by atoms with E-state index in [1.807, 2.05) is 6.92 Å². The van der Waals surface area contributed by atoms with E-state index in [1.54, 1.807) is 45.0 Å². The molecule has 0 saturated heterocycles. The molecule has 0 radical (unpaired) electrons. The molecule has 0 aliphatic heterocycles. The second-order valence-corrected chi connectivity index (χ2v) is 6.79. The van der Waals surface area contributed by atoms with Crippen molar-refractivity contribution in [3.8, 4) is 5.75 Å². The summed E-state index contributed by atoms with van der Waals surface area (Å²) >= 11 is 0. The lowest BCUT2D eigenvalue weighted by Gasteiger charge is -2.20. The molecule has 0 unspecified atom stereocenters. The van der Waals surface area contributed by atoms with Gasteiger partial charge in [-0.05, 0) is 52.0 Å². The second-order valence-electron chi connectivity index (χ2n) is 6.79. The molecular weight excluding hydrogens is 352 g/mol. The van der Waals surface area contributed by atoms with E-state index < -0.39 is 30.1 Å². The number of esters is 1. The van der Waals surface area contributed by atoms with Crippen LogP contribution in [0.3, 0.4) is 0 Å². The first-order chi connectivity index (χ1) is 12.6. The first kappa shape index (κ1) is 22.1. The number of Topliss-reactive ketones (excluding diaryl/α,β-unsaturated/α-hetero) is 1. The number of carbonyl (C=O) groups is 4. The van der Waals surface area contributed by atoms with Gasteiger partial charge in [0.05, 0.1) is 13.0 Å². The smallest absolute Gasteiger partial charge is 0.321 e. The molecular formula is C19H26N2O6. The summed E-state index contributed by atoms with van der Waals surface area (Å²) in [5, 5.41) is 4.60. The largest absolute Gasteiger partial charge is 0.494 e. The molecule has 0 bridgehead atoms. The van der Waals surface area contributed by atoms with Crippen molar-refractivity contribution in [2.45, 2.75) is 46.1 Å². The zero-order valence-corrected chi connectivity index (χ0v) is 16.1. The van der Waals surface area contributed by atoms with Crippen molar-refractivity contribution in [2.75, 3.05) is 13.2 Å². The SMILES string of the molecule is CCOc1ccc(C(=O)CCC(=O)OCC(=O)NC(=O)NC(C)(C)C)cc1. The number of carbonyl (C=O) groups excluding carboxylic acids is 4. The molecule has 8 nitrogen and oxygen atoms in total. The first-order valence-corrected chi connectivity index (χ1v) is 8.64. The van der Waals surface area contributed by atoms with Gasteiger partial charge in [-0.1, -0.05) is 0 Å². The summed E-state index contributed by atoms with van der Waals surface area (Å²) in [4.78, 5) is 46.8. The lowest BCUT2D eigenvalue weighted by atomic mass is 10.1. The van der Waals surface area contributed by atoms with E-state index in [9.17, 15) is 19.2 Å². The number of hydrogen-bond donors (Lipinski definition) is 2. The van der Waals surface area contributed by atoms with Crippen molar-refractivity contribution in [2.24, 2.45) is 0 Å². The highest BCUT2D eigenvalue weighted by atomic mass is 16.5. The van der Waals surface area contributed by atoms with Crippen LogP contribution in [-0.4, -0.2) is 42.4 Å². The highest BCUT2D eigenvalue weighted by Gasteiger charge is 2.17. The Balaban J connectivity index is 2.33. The normalized spacial score (nSPS) is 10.7. The van der Waals surface area contributed by atoms with Gasteiger partial charge >= 0.3 is 12.0 Å². The molecule has 0 spiro atoms. The Labute approximate surface area is 158 Å². The van der Waals surface area contributed by atoms with Crippen LogP contribution >= 0.6 is 0 Å². The number of amides is 3. The summed E-state index contributed by atoms with van der Waals surface area (Å²) in [6.45, 7) is 7.09. The number of benzene rings is 1. The van der Waals surface area contributed by atoms with Gasteiger partial charge in [0.1, 0.15) is 5.75 Å². The minimum Gasteiger partial charge on any atom is -0.494 e. The highest BCUT2D eigenvalue weighted by molar-refractivity contribution is 5.98. The molecule has 2 N–H and O–H groups in total. The van der Waals surface area contributed by atoms with Crippen LogP contribution in [0, 0.1) is 0 Å². The average Bonchev–Trinajstić information content (AvgIpc) is 2.57. The summed E-state index contributed by atoms with van der Waals surface area (Å²) in [5.41, 5.74) is -0.0368. The summed E-state index contributed by atoms with van der Waals surface area (Å²) in [6, 6.07) is 5.94. The van der Waals surface area contributed by atoms with Crippen molar-refractivity contribution < 1.29 is 28.7 Å². The zero-order valence-electron chi connectivity index (χ0n) is 16.1. The van der Waals surface area contributed by atoms with Gasteiger partial charge in [0, 0.05) is 17.5 Å². The Kier molecular flexibility index (Phi) is 8.44. The summed E-state index contributed by atoms with van der Waals surface area (Å²) in [6.07, 6.45) is -0.202. The van der Waals surface area contributed by atoms with E-state index >= 15 is 0 Å². The molecule has 0 aromatic heterocycles. The standard InChI is InChI=1S/C19H26N2O6/c1-5-26-14-8-6-13(7-9-14)15(22)10-11-17(24)27-12-16(23)20-18(25)21-19(2,3)4/h6-9H,5,10-12H2,1-4H3,(H2,20,21,23,25). The number of imide groups is 1. The molecule has 148 valence electrons. The van der Waals surface area contributed by atoms with Gasteiger partial charge in [-0.15, -0.1) is 0 Å². The monoisotopic (exact) mass is 378 g/mol. The van der Waals surface area contributed by atoms with Crippen molar-refractivity contribution in [1.82, 2.24) is 10.6 Å². The van der Waals surface area contributed by atoms with Crippen LogP contribution < -0.4 is 15.4 Å². The van der Waals surface area contributed by atoms with E-state index in [4.69, 9.17) is 9.47 Å². The van der Waals surface area contributed by atoms with E-state index in [-0.39, 0.29) is 18.6 Å². The van der Waals surface area contributed by atoms with Crippen molar-refractivity contribution in [3.63, 3.8) is 0 Å². The third kappa shape index (κ3) is 9.39. The molecule has 0 fully saturated rings. The van der Waals surface area contributed by atoms with Gasteiger partial charge in [-0.25, -0.2) is 4.79 Å². The molecule has 8 heteroatoms. The second kappa shape index (κ2) is 10.3. The molecule has 27 heavy (non-hydrogen) atoms. The lowest BCUT2D eigenvalue weighted by Crippen LogP contribution is -2.49. The topological polar surface area (TPSA) is 111 Å². The fourth-order valence-electron chi connectivity index (χ4n) is 2.02. The van der Waals surface area contributed by atoms with Gasteiger partial charge in [-0.2, -0.15) is 0 Å². The van der Waals surface area contributed by atoms with Crippen LogP contribution in [0.1, 0.15) is 50.9 Å². The Morgan fingerprint density at radius 2 is 1.63 bits per heavy atom. The fraction of sp³-hybridized carbons (Fsp3) is 0.474. The van der Waals surface area contributed by atoms with Crippen molar-refractivity contribution in [3.05, 3.63) is 29.8 Å². The molecule has 0 aliphatic rings. The summed E-state index contributed by atoms with van der Waals surface area (Å²) < 4.78 is 10.1. The van der Waals surface area contributed by atoms with E-state index in [0.29, 0.717) is 17.9 Å². The fourth-order valence-corrected chi connectivity index (χ4v) is 2.02. The van der Waals surface area contributed by atoms with Gasteiger partial charge < -0.3 is 14.8 Å². The number of nitrogens with one attached hydrogen (secondary N) is 2. The summed E-state index contributed by atoms with van der Waals surface area (Å²) in [5.74, 6) is -0.998. The molecule has 1 aromatic rings. The van der Waals surface area contributed by atoms with Crippen LogP contribution in [0.25, 0.3) is 0 Å². The Bertz CT molecular complexity index is 676. The Morgan fingerprint density at radius 3 is 2.19 bits per heavy atom. The van der Waals surface area contributed by atoms with Crippen LogP contribution in [0.4, 0.5) is 4.79 Å². The van der Waals surface area contributed by atoms with Crippen molar-refractivity contribution in [1.29, 1.82) is 0 Å². The molecule has 0 atom stereocenters. The molecule has 0 aliphatic carbocycles. The number of urea groups is 1. The van der Waals surface area contributed by atoms with E-state index in [2.05, 4.69) is 10.6 Å². The van der Waals surface area contributed by atoms with Gasteiger partial charge in [-0.3, -0.25) is 19.7 Å². The first-order valence-electron chi connectivity index (χ1n) is 8.64. The van der Waals surface area contributed by atoms with E-state index in [1.165, 1.54) is 0 Å². The van der Waals surface area contributed by atoms with Crippen LogP contribution in [0.5, 0.6) is 5.75 Å². The Morgan fingerprint density at radius 1 is 1.00 bits per heavy atom. The Hall–Kier alpha value is -2.90. The number of rotatable bonds is 8. The van der Waals surface area contributed by atoms with Crippen LogP contribution in [-0.2, 0) is 14.3 Å². The molecule has 1 rings (SSSR count). The van der Waals surface area contributed by atoms with Crippen LogP contribution in [0.2, 0.25) is 0 Å². The molecule has 1 aromatic carbocycles. The highest BCUT2D eigenvalue weighted by Crippen LogP contribution is 2.14. The minimum absolute atomic E-state index is 0.0427. The van der Waals surface area contributed by atoms with Gasteiger partial charge in [0.2, 0.25) is 0 Å². The maximum Gasteiger partial charge on any atom is 0.321 e. The quantitative estimate of drug-likeness (QED) is 0.530. The number of hydrogen-bond acceptors (Lipinski definition) is 6. The lowest BCUT2D eigenvalue weighted by molar-refractivity contribution is -0.148. The third-order valence-corrected chi connectivity index (χ3v) is 3.15. The van der Waals surface area contributed by atoms with Crippen molar-refractivity contribution >= 4 is 23.7 Å². The van der Waals surface area contributed by atoms with E-state index in [0.717, 1.165) is 0 Å². The predicted octanol–water partition coefficient (Wildman–Crippen LogP) is 2.22. The number of ketones is 1. The molecule has 3 amide bonds. The minimum atomic E-state index is -0.747. The maximum absolute atomic E-state index is 12.1. The maximum atomic E-state index is 12.1. The average molecular weight is 378 g/mol. The van der Waals surface area contributed by atoms with Gasteiger partial charge in [0.15, 0.2) is 12.4 Å². The van der Waals surface area contributed by atoms with Crippen LogP contribution in [0.15, 0.2) is 24.3 Å². The third-order valence-electron chi connectivity index (χ3n) is 3.15. The number of ether oxygens (including phenoxy) is 2. The summed E-state index contributed by atoms with van der Waals surface area (Å²) in [7, 11) is 0.